The Hall–Kier alpha value is -2.29. The molecule has 1 atom stereocenters. The molecular weight excluding hydrogens is 286 g/mol. The maximum atomic E-state index is 13.2. The largest absolute Gasteiger partial charge is 0.493 e. The molecule has 3 rings (SSSR count). The molecule has 120 valence electrons. The zero-order valence-corrected chi connectivity index (χ0v) is 13.7. The summed E-state index contributed by atoms with van der Waals surface area (Å²) in [5.41, 5.74) is 2.18. The molecule has 23 heavy (non-hydrogen) atoms. The van der Waals surface area contributed by atoms with Crippen molar-refractivity contribution in [3.05, 3.63) is 65.7 Å². The van der Waals surface area contributed by atoms with E-state index in [-0.39, 0.29) is 17.9 Å². The fourth-order valence-electron chi connectivity index (χ4n) is 3.09. The molecule has 1 heterocycles. The van der Waals surface area contributed by atoms with Gasteiger partial charge in [-0.2, -0.15) is 0 Å². The Balaban J connectivity index is 1.85. The second-order valence-corrected chi connectivity index (χ2v) is 6.27. The van der Waals surface area contributed by atoms with Crippen LogP contribution < -0.4 is 4.74 Å². The summed E-state index contributed by atoms with van der Waals surface area (Å²) in [6.07, 6.45) is 0.744. The number of amides is 1. The number of carbonyl (C=O) groups excluding carboxylic acids is 1. The second kappa shape index (κ2) is 6.86. The van der Waals surface area contributed by atoms with E-state index in [0.717, 1.165) is 23.3 Å². The van der Waals surface area contributed by atoms with Crippen molar-refractivity contribution in [2.75, 3.05) is 6.61 Å². The van der Waals surface area contributed by atoms with Gasteiger partial charge in [0.25, 0.3) is 0 Å². The van der Waals surface area contributed by atoms with Crippen molar-refractivity contribution >= 4 is 5.91 Å². The summed E-state index contributed by atoms with van der Waals surface area (Å²) in [7, 11) is 0. The molecule has 0 radical (unpaired) electrons. The van der Waals surface area contributed by atoms with E-state index in [1.165, 1.54) is 0 Å². The molecule has 0 bridgehead atoms. The summed E-state index contributed by atoms with van der Waals surface area (Å²) in [5.74, 6) is 0.936. The minimum Gasteiger partial charge on any atom is -0.493 e. The lowest BCUT2D eigenvalue weighted by Crippen LogP contribution is -2.40. The molecule has 0 saturated heterocycles. The fraction of sp³-hybridized carbons (Fsp3) is 0.350. The van der Waals surface area contributed by atoms with Gasteiger partial charge in [0.05, 0.1) is 12.5 Å². The summed E-state index contributed by atoms with van der Waals surface area (Å²) >= 11 is 0. The smallest absolute Gasteiger partial charge is 0.230 e. The minimum absolute atomic E-state index is 0.105. The summed E-state index contributed by atoms with van der Waals surface area (Å²) in [6, 6.07) is 18.2. The second-order valence-electron chi connectivity index (χ2n) is 6.27. The third kappa shape index (κ3) is 3.39. The zero-order valence-electron chi connectivity index (χ0n) is 13.7. The summed E-state index contributed by atoms with van der Waals surface area (Å²) in [5, 5.41) is 0. The van der Waals surface area contributed by atoms with Crippen LogP contribution in [-0.2, 0) is 11.3 Å². The normalized spacial score (nSPS) is 16.6. The average Bonchev–Trinajstić information content (AvgIpc) is 2.59. The van der Waals surface area contributed by atoms with Gasteiger partial charge in [-0.15, -0.1) is 0 Å². The molecule has 2 aromatic rings. The van der Waals surface area contributed by atoms with Gasteiger partial charge in [0.15, 0.2) is 0 Å². The number of hydrogen-bond acceptors (Lipinski definition) is 2. The van der Waals surface area contributed by atoms with Crippen molar-refractivity contribution in [1.29, 1.82) is 0 Å². The molecule has 1 aliphatic heterocycles. The molecule has 2 aromatic carbocycles. The summed E-state index contributed by atoms with van der Waals surface area (Å²) < 4.78 is 5.69. The van der Waals surface area contributed by atoms with Crippen molar-refractivity contribution in [2.45, 2.75) is 38.8 Å². The van der Waals surface area contributed by atoms with Crippen LogP contribution in [0, 0.1) is 0 Å². The Morgan fingerprint density at radius 1 is 1.13 bits per heavy atom. The molecular formula is C20H23NO2. The quantitative estimate of drug-likeness (QED) is 0.854. The van der Waals surface area contributed by atoms with Crippen molar-refractivity contribution in [3.63, 3.8) is 0 Å². The molecule has 0 spiro atoms. The van der Waals surface area contributed by atoms with Gasteiger partial charge in [-0.1, -0.05) is 48.5 Å². The van der Waals surface area contributed by atoms with E-state index in [1.54, 1.807) is 0 Å². The van der Waals surface area contributed by atoms with Gasteiger partial charge in [-0.05, 0) is 31.9 Å². The lowest BCUT2D eigenvalue weighted by Gasteiger charge is -2.33. The molecule has 0 N–H and O–H groups in total. The number of para-hydroxylation sites is 1. The number of nitrogens with zero attached hydrogens (tertiary/aromatic N) is 1. The van der Waals surface area contributed by atoms with E-state index in [1.807, 2.05) is 47.4 Å². The molecule has 0 fully saturated rings. The van der Waals surface area contributed by atoms with Gasteiger partial charge in [0.1, 0.15) is 5.75 Å². The SMILES string of the molecule is CC(C)N(Cc1ccccc1)C(=O)C1CCOc2ccccc21. The van der Waals surface area contributed by atoms with Crippen molar-refractivity contribution < 1.29 is 9.53 Å². The van der Waals surface area contributed by atoms with Gasteiger partial charge in [0.2, 0.25) is 5.91 Å². The Kier molecular flexibility index (Phi) is 4.65. The van der Waals surface area contributed by atoms with Crippen LogP contribution in [0.15, 0.2) is 54.6 Å². The Morgan fingerprint density at radius 3 is 2.57 bits per heavy atom. The predicted molar refractivity (Wildman–Crippen MR) is 91.4 cm³/mol. The number of fused-ring (bicyclic) bond motifs is 1. The van der Waals surface area contributed by atoms with E-state index in [2.05, 4.69) is 26.0 Å². The molecule has 0 aromatic heterocycles. The molecule has 1 aliphatic rings. The van der Waals surface area contributed by atoms with Gasteiger partial charge in [-0.3, -0.25) is 4.79 Å². The van der Waals surface area contributed by atoms with E-state index < -0.39 is 0 Å². The number of carbonyl (C=O) groups is 1. The monoisotopic (exact) mass is 309 g/mol. The number of rotatable bonds is 4. The van der Waals surface area contributed by atoms with Crippen LogP contribution >= 0.6 is 0 Å². The molecule has 0 saturated carbocycles. The van der Waals surface area contributed by atoms with Crippen LogP contribution in [0.1, 0.15) is 37.3 Å². The van der Waals surface area contributed by atoms with Crippen molar-refractivity contribution in [1.82, 2.24) is 4.90 Å². The first kappa shape index (κ1) is 15.6. The van der Waals surface area contributed by atoms with Crippen LogP contribution in [-0.4, -0.2) is 23.5 Å². The summed E-state index contributed by atoms with van der Waals surface area (Å²) in [6.45, 7) is 5.40. The van der Waals surface area contributed by atoms with E-state index in [4.69, 9.17) is 4.74 Å². The Bertz CT molecular complexity index is 666. The number of ether oxygens (including phenoxy) is 1. The van der Waals surface area contributed by atoms with Gasteiger partial charge in [0, 0.05) is 18.2 Å². The number of benzene rings is 2. The van der Waals surface area contributed by atoms with E-state index >= 15 is 0 Å². The Morgan fingerprint density at radius 2 is 1.83 bits per heavy atom. The molecule has 3 heteroatoms. The molecule has 3 nitrogen and oxygen atoms in total. The molecule has 1 unspecified atom stereocenters. The van der Waals surface area contributed by atoms with Gasteiger partial charge in [-0.25, -0.2) is 0 Å². The molecule has 1 amide bonds. The highest BCUT2D eigenvalue weighted by molar-refractivity contribution is 5.85. The first-order valence-electron chi connectivity index (χ1n) is 8.23. The lowest BCUT2D eigenvalue weighted by atomic mass is 9.91. The van der Waals surface area contributed by atoms with E-state index in [9.17, 15) is 4.79 Å². The van der Waals surface area contributed by atoms with Crippen LogP contribution in [0.2, 0.25) is 0 Å². The maximum Gasteiger partial charge on any atom is 0.230 e. The first-order valence-corrected chi connectivity index (χ1v) is 8.23. The van der Waals surface area contributed by atoms with E-state index in [0.29, 0.717) is 13.2 Å². The predicted octanol–water partition coefficient (Wildman–Crippen LogP) is 3.99. The minimum atomic E-state index is -0.105. The average molecular weight is 309 g/mol. The third-order valence-corrected chi connectivity index (χ3v) is 4.36. The highest BCUT2D eigenvalue weighted by atomic mass is 16.5. The highest BCUT2D eigenvalue weighted by Crippen LogP contribution is 2.35. The van der Waals surface area contributed by atoms with Crippen molar-refractivity contribution in [3.8, 4) is 5.75 Å². The standard InChI is InChI=1S/C20H23NO2/c1-15(2)21(14-16-8-4-3-5-9-16)20(22)18-12-13-23-19-11-7-6-10-17(18)19/h3-11,15,18H,12-14H2,1-2H3. The van der Waals surface area contributed by atoms with Crippen molar-refractivity contribution in [2.24, 2.45) is 0 Å². The third-order valence-electron chi connectivity index (χ3n) is 4.36. The van der Waals surface area contributed by atoms with Crippen LogP contribution in [0.5, 0.6) is 5.75 Å². The summed E-state index contributed by atoms with van der Waals surface area (Å²) in [4.78, 5) is 15.2. The highest BCUT2D eigenvalue weighted by Gasteiger charge is 2.31. The zero-order chi connectivity index (χ0) is 16.2. The van der Waals surface area contributed by atoms with Crippen LogP contribution in [0.3, 0.4) is 0 Å². The van der Waals surface area contributed by atoms with Gasteiger partial charge >= 0.3 is 0 Å². The number of hydrogen-bond donors (Lipinski definition) is 0. The maximum absolute atomic E-state index is 13.2. The Labute approximate surface area is 137 Å². The molecule has 0 aliphatic carbocycles. The topological polar surface area (TPSA) is 29.5 Å². The van der Waals surface area contributed by atoms with Gasteiger partial charge < -0.3 is 9.64 Å². The van der Waals surface area contributed by atoms with Crippen LogP contribution in [0.4, 0.5) is 0 Å². The fourth-order valence-corrected chi connectivity index (χ4v) is 3.09. The van der Waals surface area contributed by atoms with Crippen LogP contribution in [0.25, 0.3) is 0 Å². The first-order chi connectivity index (χ1) is 11.2. The lowest BCUT2D eigenvalue weighted by molar-refractivity contribution is -0.135.